The van der Waals surface area contributed by atoms with Crippen molar-refractivity contribution in [1.29, 1.82) is 0 Å². The number of rotatable bonds is 7. The van der Waals surface area contributed by atoms with Gasteiger partial charge >= 0.3 is 206 Å². The summed E-state index contributed by atoms with van der Waals surface area (Å²) in [5, 5.41) is 10.8. The fourth-order valence-corrected chi connectivity index (χ4v) is 11.2. The Morgan fingerprint density at radius 3 is 1.50 bits per heavy atom. The van der Waals surface area contributed by atoms with E-state index >= 15 is 0 Å². The van der Waals surface area contributed by atoms with E-state index in [1.165, 1.54) is 22.7 Å². The Balaban J connectivity index is 1.48. The zero-order valence-electron chi connectivity index (χ0n) is 17.1. The number of aryl methyl sites for hydroxylation is 2. The summed E-state index contributed by atoms with van der Waals surface area (Å²) in [6.45, 7) is 3.80. The molecule has 2 amide bonds. The maximum atomic E-state index is 12.8. The van der Waals surface area contributed by atoms with E-state index < -0.39 is 0 Å². The van der Waals surface area contributed by atoms with Crippen LogP contribution in [0, 0.1) is 13.8 Å². The average Bonchev–Trinajstić information content (AvgIpc) is 3.39. The van der Waals surface area contributed by atoms with Gasteiger partial charge in [0.25, 0.3) is 0 Å². The molecule has 4 aromatic rings. The van der Waals surface area contributed by atoms with Gasteiger partial charge in [-0.2, -0.15) is 0 Å². The van der Waals surface area contributed by atoms with Gasteiger partial charge in [0.05, 0.1) is 0 Å². The quantitative estimate of drug-likeness (QED) is 0.324. The molecule has 0 aliphatic rings. The van der Waals surface area contributed by atoms with Crippen LogP contribution < -0.4 is 19.6 Å². The van der Waals surface area contributed by atoms with Crippen molar-refractivity contribution >= 4 is 79.9 Å². The van der Waals surface area contributed by atoms with Crippen molar-refractivity contribution < 1.29 is 9.59 Å². The van der Waals surface area contributed by atoms with Crippen LogP contribution in [0.15, 0.2) is 59.3 Å². The predicted octanol–water partition coefficient (Wildman–Crippen LogP) is 3.00. The molecule has 0 spiro atoms. The number of thiazole rings is 2. The molecule has 2 N–H and O–H groups in total. The molecule has 162 valence electrons. The third-order valence-corrected chi connectivity index (χ3v) is 13.2. The summed E-state index contributed by atoms with van der Waals surface area (Å²) >= 11 is 2.87. The van der Waals surface area contributed by atoms with Gasteiger partial charge < -0.3 is 0 Å². The van der Waals surface area contributed by atoms with Crippen LogP contribution in [0.1, 0.15) is 32.1 Å². The van der Waals surface area contributed by atoms with Gasteiger partial charge in [-0.05, 0) is 0 Å². The molecule has 0 saturated heterocycles. The monoisotopic (exact) mass is 594 g/mol. The number of amides is 2. The van der Waals surface area contributed by atoms with Crippen LogP contribution in [0.3, 0.4) is 0 Å². The van der Waals surface area contributed by atoms with E-state index in [0.717, 1.165) is 20.3 Å². The SMILES string of the molecule is Cc1csc(NC(=O)c2ccccc2[Se][Se]c2ccccc2C(=O)Nc2nc(C)cs2)n1. The number of anilines is 2. The number of benzene rings is 2. The van der Waals surface area contributed by atoms with Gasteiger partial charge in [-0.25, -0.2) is 0 Å². The van der Waals surface area contributed by atoms with E-state index in [4.69, 9.17) is 0 Å². The summed E-state index contributed by atoms with van der Waals surface area (Å²) in [6, 6.07) is 15.3. The van der Waals surface area contributed by atoms with Gasteiger partial charge in [-0.15, -0.1) is 0 Å². The van der Waals surface area contributed by atoms with Crippen LogP contribution in [-0.2, 0) is 0 Å². The number of hydrogen-bond acceptors (Lipinski definition) is 6. The van der Waals surface area contributed by atoms with Crippen molar-refractivity contribution in [2.45, 2.75) is 13.8 Å². The molecule has 0 unspecified atom stereocenters. The molecule has 2 aromatic carbocycles. The number of hydrogen-bond donors (Lipinski definition) is 2. The Hall–Kier alpha value is -2.32. The first-order valence-corrected chi connectivity index (χ1v) is 17.3. The number of carbonyl (C=O) groups is 2. The average molecular weight is 592 g/mol. The molecule has 2 heterocycles. The molecule has 0 saturated carbocycles. The standard InChI is InChI=1S/C22H18N4O2S2Se2/c1-13-11-29-21(23-13)25-19(27)15-7-3-5-9-17(15)31-32-18-10-6-4-8-16(18)20(28)26-22-24-14(2)12-30-22/h3-12H,1-2H3,(H,23,25,27)(H,24,26,28). The first kappa shape index (κ1) is 22.9. The first-order valence-electron chi connectivity index (χ1n) is 9.49. The van der Waals surface area contributed by atoms with Gasteiger partial charge in [0.1, 0.15) is 0 Å². The third-order valence-electron chi connectivity index (χ3n) is 4.16. The van der Waals surface area contributed by atoms with Crippen LogP contribution in [0.5, 0.6) is 0 Å². The molecule has 6 nitrogen and oxygen atoms in total. The zero-order chi connectivity index (χ0) is 22.5. The summed E-state index contributed by atoms with van der Waals surface area (Å²) in [5.74, 6) is -0.310. The van der Waals surface area contributed by atoms with Crippen molar-refractivity contribution in [2.75, 3.05) is 10.6 Å². The molecule has 0 fully saturated rings. The third kappa shape index (κ3) is 5.72. The molecule has 32 heavy (non-hydrogen) atoms. The molecule has 0 bridgehead atoms. The van der Waals surface area contributed by atoms with Gasteiger partial charge in [-0.1, -0.05) is 0 Å². The Bertz CT molecular complexity index is 1170. The second-order valence-electron chi connectivity index (χ2n) is 6.66. The van der Waals surface area contributed by atoms with Gasteiger partial charge in [0.2, 0.25) is 0 Å². The van der Waals surface area contributed by atoms with E-state index in [1.807, 2.05) is 73.1 Å². The van der Waals surface area contributed by atoms with Gasteiger partial charge in [0, 0.05) is 0 Å². The van der Waals surface area contributed by atoms with Crippen molar-refractivity contribution in [1.82, 2.24) is 9.97 Å². The van der Waals surface area contributed by atoms with E-state index in [0.29, 0.717) is 21.4 Å². The molecular weight excluding hydrogens is 574 g/mol. The van der Waals surface area contributed by atoms with Gasteiger partial charge in [0.15, 0.2) is 0 Å². The fraction of sp³-hybridized carbons (Fsp3) is 0.0909. The summed E-state index contributed by atoms with van der Waals surface area (Å²) in [5.41, 5.74) is 3.08. The zero-order valence-corrected chi connectivity index (χ0v) is 22.2. The van der Waals surface area contributed by atoms with Gasteiger partial charge in [-0.3, -0.25) is 0 Å². The first-order chi connectivity index (χ1) is 15.5. The molecule has 0 aliphatic carbocycles. The second-order valence-corrected chi connectivity index (χ2v) is 14.6. The molecule has 0 aliphatic heterocycles. The summed E-state index contributed by atoms with van der Waals surface area (Å²) in [7, 11) is 0. The Kier molecular flexibility index (Phi) is 7.52. The Morgan fingerprint density at radius 1 is 0.719 bits per heavy atom. The minimum atomic E-state index is -0.155. The molecule has 0 atom stereocenters. The summed E-state index contributed by atoms with van der Waals surface area (Å²) in [6.07, 6.45) is 0. The molecule has 0 radical (unpaired) electrons. The normalized spacial score (nSPS) is 10.7. The topological polar surface area (TPSA) is 84.0 Å². The summed E-state index contributed by atoms with van der Waals surface area (Å²) < 4.78 is 2.02. The van der Waals surface area contributed by atoms with Crippen molar-refractivity contribution in [3.05, 3.63) is 81.8 Å². The maximum absolute atomic E-state index is 12.8. The van der Waals surface area contributed by atoms with Crippen LogP contribution in [0.4, 0.5) is 10.3 Å². The molecule has 2 aromatic heterocycles. The predicted molar refractivity (Wildman–Crippen MR) is 133 cm³/mol. The van der Waals surface area contributed by atoms with E-state index in [2.05, 4.69) is 20.6 Å². The van der Waals surface area contributed by atoms with Crippen molar-refractivity contribution in [2.24, 2.45) is 0 Å². The fourth-order valence-electron chi connectivity index (χ4n) is 2.70. The number of carbonyl (C=O) groups excluding carboxylic acids is 2. The summed E-state index contributed by atoms with van der Waals surface area (Å²) in [4.78, 5) is 34.3. The van der Waals surface area contributed by atoms with Crippen LogP contribution >= 0.6 is 22.7 Å². The number of nitrogens with zero attached hydrogens (tertiary/aromatic N) is 2. The Morgan fingerprint density at radius 2 is 1.12 bits per heavy atom. The van der Waals surface area contributed by atoms with E-state index in [1.54, 1.807) is 0 Å². The van der Waals surface area contributed by atoms with Crippen LogP contribution in [0.25, 0.3) is 0 Å². The molecular formula is C22H18N4O2S2Se2. The minimum absolute atomic E-state index is 0.0217. The molecule has 4 rings (SSSR count). The molecule has 10 heteroatoms. The van der Waals surface area contributed by atoms with E-state index in [-0.39, 0.29) is 38.1 Å². The number of aromatic nitrogens is 2. The second kappa shape index (κ2) is 10.5. The Labute approximate surface area is 204 Å². The van der Waals surface area contributed by atoms with Crippen LogP contribution in [0.2, 0.25) is 0 Å². The van der Waals surface area contributed by atoms with Crippen molar-refractivity contribution in [3.63, 3.8) is 0 Å². The van der Waals surface area contributed by atoms with Crippen molar-refractivity contribution in [3.8, 4) is 0 Å². The van der Waals surface area contributed by atoms with E-state index in [9.17, 15) is 9.59 Å². The van der Waals surface area contributed by atoms with Crippen LogP contribution in [-0.4, -0.2) is 48.0 Å². The number of nitrogens with one attached hydrogen (secondary N) is 2.